The minimum absolute atomic E-state index is 0.0728. The fourth-order valence-electron chi connectivity index (χ4n) is 2.18. The van der Waals surface area contributed by atoms with Crippen LogP contribution in [0.2, 0.25) is 5.02 Å². The smallest absolute Gasteiger partial charge is 0.269 e. The maximum Gasteiger partial charge on any atom is 0.269 e. The topological polar surface area (TPSA) is 85.1 Å². The number of nitrogens with one attached hydrogen (secondary N) is 1. The number of hydrogen-bond donors (Lipinski definition) is 1. The first-order valence-electron chi connectivity index (χ1n) is 6.65. The lowest BCUT2D eigenvalue weighted by atomic mass is 10.1. The van der Waals surface area contributed by atoms with E-state index in [1.807, 2.05) is 6.07 Å². The molecule has 0 atom stereocenters. The van der Waals surface area contributed by atoms with E-state index in [-0.39, 0.29) is 5.69 Å². The summed E-state index contributed by atoms with van der Waals surface area (Å²) in [7, 11) is 0. The Morgan fingerprint density at radius 3 is 2.61 bits per heavy atom. The number of hydrogen-bond acceptors (Lipinski definition) is 4. The molecule has 0 spiro atoms. The van der Waals surface area contributed by atoms with Crippen molar-refractivity contribution < 1.29 is 9.72 Å². The molecule has 0 aliphatic heterocycles. The SMILES string of the molecule is O=C(Nc1cc(Cl)cc2cccnc12)c1ccc([N+](=O)[O-])cc1. The zero-order valence-electron chi connectivity index (χ0n) is 11.7. The predicted molar refractivity (Wildman–Crippen MR) is 87.8 cm³/mol. The molecule has 3 aromatic rings. The highest BCUT2D eigenvalue weighted by molar-refractivity contribution is 6.32. The summed E-state index contributed by atoms with van der Waals surface area (Å²) >= 11 is 6.05. The van der Waals surface area contributed by atoms with Gasteiger partial charge in [0.25, 0.3) is 11.6 Å². The summed E-state index contributed by atoms with van der Waals surface area (Å²) < 4.78 is 0. The molecular weight excluding hydrogens is 318 g/mol. The molecule has 3 rings (SSSR count). The van der Waals surface area contributed by atoms with Gasteiger partial charge in [-0.25, -0.2) is 0 Å². The van der Waals surface area contributed by atoms with E-state index in [4.69, 9.17) is 11.6 Å². The first-order chi connectivity index (χ1) is 11.0. The molecule has 0 aliphatic rings. The summed E-state index contributed by atoms with van der Waals surface area (Å²) in [4.78, 5) is 26.7. The van der Waals surface area contributed by atoms with E-state index in [0.29, 0.717) is 21.8 Å². The van der Waals surface area contributed by atoms with E-state index in [9.17, 15) is 14.9 Å². The van der Waals surface area contributed by atoms with Crippen molar-refractivity contribution in [3.05, 3.63) is 75.4 Å². The fraction of sp³-hybridized carbons (Fsp3) is 0. The third-order valence-corrected chi connectivity index (χ3v) is 3.48. The number of anilines is 1. The number of nitro benzene ring substituents is 1. The lowest BCUT2D eigenvalue weighted by Gasteiger charge is -2.09. The van der Waals surface area contributed by atoms with Crippen molar-refractivity contribution in [2.45, 2.75) is 0 Å². The number of carbonyl (C=O) groups excluding carboxylic acids is 1. The van der Waals surface area contributed by atoms with Crippen molar-refractivity contribution in [3.63, 3.8) is 0 Å². The molecule has 1 heterocycles. The Hall–Kier alpha value is -2.99. The Labute approximate surface area is 135 Å². The molecule has 0 bridgehead atoms. The molecule has 1 N–H and O–H groups in total. The van der Waals surface area contributed by atoms with Gasteiger partial charge in [-0.1, -0.05) is 17.7 Å². The third-order valence-electron chi connectivity index (χ3n) is 3.26. The fourth-order valence-corrected chi connectivity index (χ4v) is 2.41. The summed E-state index contributed by atoms with van der Waals surface area (Å²) in [5.41, 5.74) is 1.33. The zero-order valence-corrected chi connectivity index (χ0v) is 12.4. The highest BCUT2D eigenvalue weighted by Crippen LogP contribution is 2.26. The number of nitro groups is 1. The Kier molecular flexibility index (Phi) is 3.91. The van der Waals surface area contributed by atoms with Crippen LogP contribution in [0.1, 0.15) is 10.4 Å². The largest absolute Gasteiger partial charge is 0.320 e. The van der Waals surface area contributed by atoms with Crippen molar-refractivity contribution in [1.82, 2.24) is 4.98 Å². The van der Waals surface area contributed by atoms with E-state index in [0.717, 1.165) is 5.39 Å². The minimum Gasteiger partial charge on any atom is -0.320 e. The minimum atomic E-state index is -0.518. The monoisotopic (exact) mass is 327 g/mol. The average Bonchev–Trinajstić information content (AvgIpc) is 2.54. The molecule has 1 amide bonds. The molecule has 6 nitrogen and oxygen atoms in total. The summed E-state index contributed by atoms with van der Waals surface area (Å²) in [6, 6.07) is 12.3. The van der Waals surface area contributed by atoms with Gasteiger partial charge in [-0.2, -0.15) is 0 Å². The van der Waals surface area contributed by atoms with Crippen molar-refractivity contribution in [2.24, 2.45) is 0 Å². The first-order valence-corrected chi connectivity index (χ1v) is 7.02. The van der Waals surface area contributed by atoms with Crippen LogP contribution < -0.4 is 5.32 Å². The second-order valence-corrected chi connectivity index (χ2v) is 5.22. The Balaban J connectivity index is 1.92. The number of rotatable bonds is 3. The lowest BCUT2D eigenvalue weighted by Crippen LogP contribution is -2.12. The number of benzene rings is 2. The lowest BCUT2D eigenvalue weighted by molar-refractivity contribution is -0.384. The molecule has 0 saturated carbocycles. The molecule has 0 unspecified atom stereocenters. The van der Waals surface area contributed by atoms with Gasteiger partial charge in [-0.3, -0.25) is 19.9 Å². The molecule has 23 heavy (non-hydrogen) atoms. The molecule has 0 radical (unpaired) electrons. The van der Waals surface area contributed by atoms with Crippen molar-refractivity contribution in [1.29, 1.82) is 0 Å². The molecule has 0 aliphatic carbocycles. The molecule has 7 heteroatoms. The van der Waals surface area contributed by atoms with Gasteiger partial charge in [0.2, 0.25) is 0 Å². The second kappa shape index (κ2) is 6.02. The quantitative estimate of drug-likeness (QED) is 0.581. The standard InChI is InChI=1S/C16H10ClN3O3/c17-12-8-11-2-1-7-18-15(11)14(9-12)19-16(21)10-3-5-13(6-4-10)20(22)23/h1-9H,(H,19,21). The number of non-ortho nitro benzene ring substituents is 1. The van der Waals surface area contributed by atoms with Crippen LogP contribution in [0.25, 0.3) is 10.9 Å². The van der Waals surface area contributed by atoms with Crippen molar-refractivity contribution in [2.75, 3.05) is 5.32 Å². The van der Waals surface area contributed by atoms with Crippen molar-refractivity contribution in [3.8, 4) is 0 Å². The van der Waals surface area contributed by atoms with Gasteiger partial charge < -0.3 is 5.32 Å². The molecule has 114 valence electrons. The van der Waals surface area contributed by atoms with Crippen LogP contribution in [0.4, 0.5) is 11.4 Å². The number of amides is 1. The molecule has 1 aromatic heterocycles. The zero-order chi connectivity index (χ0) is 16.4. The second-order valence-electron chi connectivity index (χ2n) is 4.79. The molecule has 0 saturated heterocycles. The van der Waals surface area contributed by atoms with Crippen LogP contribution in [0.15, 0.2) is 54.7 Å². The van der Waals surface area contributed by atoms with Crippen LogP contribution in [0, 0.1) is 10.1 Å². The summed E-state index contributed by atoms with van der Waals surface area (Å²) in [5.74, 6) is -0.394. The maximum absolute atomic E-state index is 12.3. The normalized spacial score (nSPS) is 10.5. The Morgan fingerprint density at radius 2 is 1.91 bits per heavy atom. The Morgan fingerprint density at radius 1 is 1.17 bits per heavy atom. The van der Waals surface area contributed by atoms with Gasteiger partial charge in [0.05, 0.1) is 16.1 Å². The number of halogens is 1. The first kappa shape index (κ1) is 14.9. The number of carbonyl (C=O) groups is 1. The van der Waals surface area contributed by atoms with E-state index in [1.54, 1.807) is 24.4 Å². The Bertz CT molecular complexity index is 910. The van der Waals surface area contributed by atoms with Gasteiger partial charge in [0, 0.05) is 34.3 Å². The van der Waals surface area contributed by atoms with E-state index in [2.05, 4.69) is 10.3 Å². The summed E-state index contributed by atoms with van der Waals surface area (Å²) in [5, 5.41) is 14.7. The predicted octanol–water partition coefficient (Wildman–Crippen LogP) is 4.05. The van der Waals surface area contributed by atoms with Gasteiger partial charge >= 0.3 is 0 Å². The summed E-state index contributed by atoms with van der Waals surface area (Å²) in [6.45, 7) is 0. The third kappa shape index (κ3) is 3.12. The van der Waals surface area contributed by atoms with Crippen LogP contribution >= 0.6 is 11.6 Å². The van der Waals surface area contributed by atoms with Crippen LogP contribution in [-0.4, -0.2) is 15.8 Å². The highest BCUT2D eigenvalue weighted by Gasteiger charge is 2.12. The summed E-state index contributed by atoms with van der Waals surface area (Å²) in [6.07, 6.45) is 1.62. The molecular formula is C16H10ClN3O3. The van der Waals surface area contributed by atoms with Crippen LogP contribution in [0.5, 0.6) is 0 Å². The molecule has 2 aromatic carbocycles. The van der Waals surface area contributed by atoms with E-state index in [1.165, 1.54) is 24.3 Å². The van der Waals surface area contributed by atoms with Gasteiger partial charge in [0.15, 0.2) is 0 Å². The van der Waals surface area contributed by atoms with Gasteiger partial charge in [-0.15, -0.1) is 0 Å². The van der Waals surface area contributed by atoms with Crippen molar-refractivity contribution >= 4 is 39.8 Å². The number of aromatic nitrogens is 1. The van der Waals surface area contributed by atoms with Crippen LogP contribution in [-0.2, 0) is 0 Å². The van der Waals surface area contributed by atoms with Gasteiger partial charge in [-0.05, 0) is 30.3 Å². The maximum atomic E-state index is 12.3. The van der Waals surface area contributed by atoms with Crippen LogP contribution in [0.3, 0.4) is 0 Å². The highest BCUT2D eigenvalue weighted by atomic mass is 35.5. The van der Waals surface area contributed by atoms with E-state index >= 15 is 0 Å². The molecule has 0 fully saturated rings. The van der Waals surface area contributed by atoms with Gasteiger partial charge in [0.1, 0.15) is 0 Å². The van der Waals surface area contributed by atoms with E-state index < -0.39 is 10.8 Å². The number of fused-ring (bicyclic) bond motifs is 1. The number of pyridine rings is 1. The average molecular weight is 328 g/mol. The number of nitrogens with zero attached hydrogens (tertiary/aromatic N) is 2.